The predicted octanol–water partition coefficient (Wildman–Crippen LogP) is 11.4. The summed E-state index contributed by atoms with van der Waals surface area (Å²) in [6.07, 6.45) is 37.8. The molecular weight excluding hydrogens is 567 g/mol. The van der Waals surface area contributed by atoms with Crippen molar-refractivity contribution in [3.63, 3.8) is 0 Å². The standard InChI is InChI=1S/C41H51N2OP/c1-3-36-37-24-16-7-11-19-33(37)29-41-42-38-26-25-32(31-17-9-6-10-18-31)28-40(38)43(41)39(36)27-30(2)45(44,35-22-14-8-15-23-35)34-20-12-4-5-13-21-34/h3,7,11,14,16,19,22-23,25-28,31,34,44-45H,1,4-6,8-10,12-13,15,17-18,20-21,24,29H2,2H3/b30-27+. The van der Waals surface area contributed by atoms with Gasteiger partial charge in [0.2, 0.25) is 0 Å². The molecule has 7 rings (SSSR count). The molecule has 0 unspecified atom stereocenters. The Labute approximate surface area is 271 Å². The Balaban J connectivity index is 1.45. The number of rotatable bonds is 6. The van der Waals surface area contributed by atoms with E-state index >= 15 is 0 Å². The van der Waals surface area contributed by atoms with Crippen LogP contribution in [0.15, 0.2) is 107 Å². The normalized spacial score (nSPS) is 22.5. The van der Waals surface area contributed by atoms with E-state index in [4.69, 9.17) is 4.98 Å². The minimum atomic E-state index is -3.00. The molecule has 236 valence electrons. The van der Waals surface area contributed by atoms with Crippen molar-refractivity contribution in [3.8, 4) is 0 Å². The number of benzene rings is 1. The second-order valence-electron chi connectivity index (χ2n) is 14.0. The van der Waals surface area contributed by atoms with Gasteiger partial charge in [0.05, 0.1) is 0 Å². The fraction of sp³-hybridized carbons (Fsp3) is 0.439. The van der Waals surface area contributed by atoms with Gasteiger partial charge < -0.3 is 0 Å². The summed E-state index contributed by atoms with van der Waals surface area (Å²) in [6, 6.07) is 7.04. The zero-order valence-electron chi connectivity index (χ0n) is 27.2. The van der Waals surface area contributed by atoms with Gasteiger partial charge in [-0.2, -0.15) is 0 Å². The van der Waals surface area contributed by atoms with Crippen molar-refractivity contribution >= 4 is 24.2 Å². The van der Waals surface area contributed by atoms with Crippen LogP contribution in [0.5, 0.6) is 0 Å². The first-order valence-electron chi connectivity index (χ1n) is 17.8. The zero-order chi connectivity index (χ0) is 30.8. The summed E-state index contributed by atoms with van der Waals surface area (Å²) in [5, 5.41) is 2.39. The predicted molar refractivity (Wildman–Crippen MR) is 195 cm³/mol. The summed E-state index contributed by atoms with van der Waals surface area (Å²) < 4.78 is 2.45. The third-order valence-electron chi connectivity index (χ3n) is 11.3. The third-order valence-corrected chi connectivity index (χ3v) is 15.7. The number of nitrogens with zero attached hydrogens (tertiary/aromatic N) is 2. The molecule has 2 aromatic rings. The van der Waals surface area contributed by atoms with Gasteiger partial charge in [-0.25, -0.2) is 0 Å². The second kappa shape index (κ2) is 13.4. The summed E-state index contributed by atoms with van der Waals surface area (Å²) in [5.41, 5.74) is 9.00. The average Bonchev–Trinajstić information content (AvgIpc) is 3.31. The molecule has 45 heavy (non-hydrogen) atoms. The van der Waals surface area contributed by atoms with Gasteiger partial charge in [0, 0.05) is 0 Å². The molecule has 0 bridgehead atoms. The SMILES string of the molecule is C=CC1=C(/C=C(\C)[PH](O)(C2=CCCC=C2)C2CCCCCC2)n2c(nc3ccc(C4CCCCC4)cc32)CC2=C1CC=CC=C2. The summed E-state index contributed by atoms with van der Waals surface area (Å²) in [7, 11) is -3.00. The molecular formula is C41H51N2OP. The quantitative estimate of drug-likeness (QED) is 0.258. The Morgan fingerprint density at radius 2 is 1.73 bits per heavy atom. The van der Waals surface area contributed by atoms with Crippen LogP contribution in [0.2, 0.25) is 0 Å². The van der Waals surface area contributed by atoms with Gasteiger partial charge in [0.1, 0.15) is 0 Å². The van der Waals surface area contributed by atoms with Crippen LogP contribution in [0.3, 0.4) is 0 Å². The molecule has 0 saturated heterocycles. The third kappa shape index (κ3) is 5.88. The van der Waals surface area contributed by atoms with Gasteiger partial charge in [-0.05, 0) is 0 Å². The van der Waals surface area contributed by atoms with Crippen molar-refractivity contribution < 1.29 is 4.89 Å². The molecule has 4 aliphatic carbocycles. The molecule has 0 amide bonds. The maximum atomic E-state index is 13.2. The molecule has 2 heterocycles. The number of aromatic nitrogens is 2. The Morgan fingerprint density at radius 1 is 0.956 bits per heavy atom. The molecule has 1 aliphatic heterocycles. The first-order valence-corrected chi connectivity index (χ1v) is 19.8. The number of fused-ring (bicyclic) bond motifs is 3. The van der Waals surface area contributed by atoms with E-state index in [2.05, 4.69) is 91.0 Å². The van der Waals surface area contributed by atoms with Crippen LogP contribution < -0.4 is 0 Å². The fourth-order valence-corrected chi connectivity index (χ4v) is 12.8. The van der Waals surface area contributed by atoms with Gasteiger partial charge in [-0.3, -0.25) is 0 Å². The summed E-state index contributed by atoms with van der Waals surface area (Å²) in [6.45, 7) is 6.65. The van der Waals surface area contributed by atoms with Gasteiger partial charge in [-0.1, -0.05) is 0 Å². The van der Waals surface area contributed by atoms with E-state index in [0.29, 0.717) is 11.6 Å². The van der Waals surface area contributed by atoms with Crippen molar-refractivity contribution in [2.24, 2.45) is 0 Å². The molecule has 1 aromatic heterocycles. The first-order chi connectivity index (χ1) is 22.1. The Hall–Kier alpha value is -3.00. The van der Waals surface area contributed by atoms with E-state index in [9.17, 15) is 4.89 Å². The van der Waals surface area contributed by atoms with Crippen LogP contribution in [-0.2, 0) is 6.42 Å². The Morgan fingerprint density at radius 3 is 2.49 bits per heavy atom. The fourth-order valence-electron chi connectivity index (χ4n) is 8.84. The second-order valence-corrected chi connectivity index (χ2v) is 17.8. The van der Waals surface area contributed by atoms with E-state index in [1.54, 1.807) is 0 Å². The van der Waals surface area contributed by atoms with Crippen LogP contribution in [0, 0.1) is 0 Å². The minimum absolute atomic E-state index is 0.347. The van der Waals surface area contributed by atoms with Crippen molar-refractivity contribution in [1.29, 1.82) is 0 Å². The molecule has 2 fully saturated rings. The summed E-state index contributed by atoms with van der Waals surface area (Å²) in [5.74, 6) is 1.71. The molecule has 0 atom stereocenters. The molecule has 3 nitrogen and oxygen atoms in total. The van der Waals surface area contributed by atoms with Crippen molar-refractivity contribution in [3.05, 3.63) is 118 Å². The van der Waals surface area contributed by atoms with E-state index in [1.165, 1.54) is 96.2 Å². The van der Waals surface area contributed by atoms with E-state index in [0.717, 1.165) is 55.6 Å². The zero-order valence-corrected chi connectivity index (χ0v) is 28.2. The summed E-state index contributed by atoms with van der Waals surface area (Å²) >= 11 is 0. The van der Waals surface area contributed by atoms with Crippen molar-refractivity contribution in [1.82, 2.24) is 9.55 Å². The Bertz CT molecular complexity index is 1680. The van der Waals surface area contributed by atoms with Crippen LogP contribution in [-0.4, -0.2) is 20.1 Å². The number of imidazole rings is 1. The van der Waals surface area contributed by atoms with E-state index in [-0.39, 0.29) is 0 Å². The molecule has 2 saturated carbocycles. The van der Waals surface area contributed by atoms with E-state index in [1.807, 2.05) is 0 Å². The van der Waals surface area contributed by atoms with E-state index < -0.39 is 7.49 Å². The van der Waals surface area contributed by atoms with Gasteiger partial charge in [0.15, 0.2) is 0 Å². The van der Waals surface area contributed by atoms with Gasteiger partial charge in [0.25, 0.3) is 0 Å². The average molecular weight is 619 g/mol. The first kappa shape index (κ1) is 30.6. The summed E-state index contributed by atoms with van der Waals surface area (Å²) in [4.78, 5) is 18.5. The molecule has 0 radical (unpaired) electrons. The van der Waals surface area contributed by atoms with Crippen molar-refractivity contribution in [2.45, 2.75) is 115 Å². The number of hydrogen-bond acceptors (Lipinski definition) is 2. The number of allylic oxidation sites excluding steroid dienone is 15. The van der Waals surface area contributed by atoms with Gasteiger partial charge in [-0.15, -0.1) is 0 Å². The topological polar surface area (TPSA) is 38.0 Å². The molecule has 4 heteroatoms. The van der Waals surface area contributed by atoms with Crippen molar-refractivity contribution in [2.75, 3.05) is 0 Å². The molecule has 1 aromatic carbocycles. The molecule has 1 N–H and O–H groups in total. The molecule has 5 aliphatic rings. The monoisotopic (exact) mass is 618 g/mol. The Kier molecular flexibility index (Phi) is 9.12. The molecule has 0 spiro atoms. The van der Waals surface area contributed by atoms with Crippen LogP contribution >= 0.6 is 7.49 Å². The van der Waals surface area contributed by atoms with Crippen LogP contribution in [0.25, 0.3) is 16.7 Å². The van der Waals surface area contributed by atoms with Crippen LogP contribution in [0.4, 0.5) is 0 Å². The number of hydrogen-bond donors (Lipinski definition) is 1. The van der Waals surface area contributed by atoms with Crippen LogP contribution in [0.1, 0.15) is 114 Å². The van der Waals surface area contributed by atoms with Gasteiger partial charge >= 0.3 is 272 Å². The maximum absolute atomic E-state index is 13.2.